The van der Waals surface area contributed by atoms with E-state index >= 15 is 0 Å². The molecule has 0 aliphatic carbocycles. The van der Waals surface area contributed by atoms with E-state index < -0.39 is 0 Å². The summed E-state index contributed by atoms with van der Waals surface area (Å²) in [4.78, 5) is 1.96. The van der Waals surface area contributed by atoms with Gasteiger partial charge in [-0.05, 0) is 0 Å². The molecule has 0 aromatic heterocycles. The second-order valence-electron chi connectivity index (χ2n) is 3.50. The van der Waals surface area contributed by atoms with Gasteiger partial charge >= 0.3 is 0 Å². The average Bonchev–Trinajstić information content (AvgIpc) is 2.25. The number of nitrogens with zero attached hydrogens (tertiary/aromatic N) is 1. The lowest BCUT2D eigenvalue weighted by molar-refractivity contribution is 0.122. The van der Waals surface area contributed by atoms with E-state index in [-0.39, 0.29) is 17.2 Å². The molecule has 82 valence electrons. The van der Waals surface area contributed by atoms with Crippen LogP contribution in [-0.4, -0.2) is 36.5 Å². The molecule has 1 aliphatic heterocycles. The van der Waals surface area contributed by atoms with Crippen LogP contribution in [0, 0.1) is 0 Å². The molecular weight excluding hydrogens is 196 g/mol. The van der Waals surface area contributed by atoms with Crippen LogP contribution in [0.3, 0.4) is 0 Å². The second-order valence-corrected chi connectivity index (χ2v) is 3.50. The summed E-state index contributed by atoms with van der Waals surface area (Å²) in [5, 5.41) is 19.2. The van der Waals surface area contributed by atoms with Crippen LogP contribution in [0.2, 0.25) is 0 Å². The Balaban J connectivity index is 2.30. The van der Waals surface area contributed by atoms with Gasteiger partial charge in [-0.1, -0.05) is 0 Å². The van der Waals surface area contributed by atoms with E-state index in [9.17, 15) is 10.2 Å². The van der Waals surface area contributed by atoms with Gasteiger partial charge in [-0.2, -0.15) is 0 Å². The molecule has 4 N–H and O–H groups in total. The highest BCUT2D eigenvalue weighted by atomic mass is 16.5. The molecular formula is C10H14N2O3. The predicted octanol–water partition coefficient (Wildman–Crippen LogP) is 0.517. The maximum Gasteiger partial charge on any atom is 0.141 e. The molecule has 5 heteroatoms. The van der Waals surface area contributed by atoms with Gasteiger partial charge in [-0.15, -0.1) is 0 Å². The number of rotatable bonds is 1. The maximum atomic E-state index is 9.69. The molecule has 2 rings (SSSR count). The van der Waals surface area contributed by atoms with Crippen molar-refractivity contribution in [3.8, 4) is 11.5 Å². The van der Waals surface area contributed by atoms with Crippen LogP contribution < -0.4 is 10.6 Å². The molecule has 0 atom stereocenters. The third-order valence-electron chi connectivity index (χ3n) is 2.48. The first-order chi connectivity index (χ1) is 7.18. The van der Waals surface area contributed by atoms with Crippen LogP contribution in [0.25, 0.3) is 0 Å². The van der Waals surface area contributed by atoms with Crippen LogP contribution in [0.5, 0.6) is 11.5 Å². The Morgan fingerprint density at radius 1 is 1.13 bits per heavy atom. The first-order valence-electron chi connectivity index (χ1n) is 4.82. The molecule has 0 radical (unpaired) electrons. The number of hydrogen-bond acceptors (Lipinski definition) is 5. The summed E-state index contributed by atoms with van der Waals surface area (Å²) >= 11 is 0. The second kappa shape index (κ2) is 3.86. The minimum Gasteiger partial charge on any atom is -0.506 e. The Bertz CT molecular complexity index is 362. The summed E-state index contributed by atoms with van der Waals surface area (Å²) in [6, 6.07) is 2.84. The smallest absolute Gasteiger partial charge is 0.141 e. The van der Waals surface area contributed by atoms with Gasteiger partial charge in [0.15, 0.2) is 0 Å². The minimum absolute atomic E-state index is 0.00529. The fourth-order valence-electron chi connectivity index (χ4n) is 1.64. The predicted molar refractivity (Wildman–Crippen MR) is 57.2 cm³/mol. The number of nitrogens with two attached hydrogens (primary N) is 1. The normalized spacial score (nSPS) is 16.7. The number of phenolic OH excluding ortho intramolecular Hbond substituents is 2. The van der Waals surface area contributed by atoms with Gasteiger partial charge in [0.25, 0.3) is 0 Å². The van der Waals surface area contributed by atoms with Crippen LogP contribution in [0.15, 0.2) is 12.1 Å². The summed E-state index contributed by atoms with van der Waals surface area (Å²) < 4.78 is 5.20. The summed E-state index contributed by atoms with van der Waals surface area (Å²) in [6.07, 6.45) is 0. The Kier molecular flexibility index (Phi) is 2.55. The molecule has 1 fully saturated rings. The Hall–Kier alpha value is -1.62. The van der Waals surface area contributed by atoms with Crippen molar-refractivity contribution in [3.05, 3.63) is 12.1 Å². The number of benzene rings is 1. The van der Waals surface area contributed by atoms with Crippen molar-refractivity contribution in [1.29, 1.82) is 0 Å². The number of anilines is 2. The standard InChI is InChI=1S/C10H14N2O3/c11-7-5-10(14)8(6-9(7)13)12-1-3-15-4-2-12/h5-6,13-14H,1-4,11H2. The molecule has 1 aliphatic rings. The van der Waals surface area contributed by atoms with Gasteiger partial charge in [0.1, 0.15) is 11.5 Å². The molecule has 15 heavy (non-hydrogen) atoms. The fourth-order valence-corrected chi connectivity index (χ4v) is 1.64. The quantitative estimate of drug-likeness (QED) is 0.358. The van der Waals surface area contributed by atoms with Crippen molar-refractivity contribution in [1.82, 2.24) is 0 Å². The molecule has 0 saturated carbocycles. The molecule has 0 unspecified atom stereocenters. The SMILES string of the molecule is Nc1cc(O)c(N2CCOCC2)cc1O. The van der Waals surface area contributed by atoms with Crippen LogP contribution in [-0.2, 0) is 4.74 Å². The van der Waals surface area contributed by atoms with E-state index in [0.717, 1.165) is 0 Å². The number of phenols is 2. The van der Waals surface area contributed by atoms with Crippen molar-refractivity contribution in [3.63, 3.8) is 0 Å². The Morgan fingerprint density at radius 2 is 1.80 bits per heavy atom. The monoisotopic (exact) mass is 210 g/mol. The van der Waals surface area contributed by atoms with Gasteiger partial charge in [-0.25, -0.2) is 0 Å². The number of nitrogen functional groups attached to an aromatic ring is 1. The third kappa shape index (κ3) is 1.92. The van der Waals surface area contributed by atoms with Crippen LogP contribution >= 0.6 is 0 Å². The van der Waals surface area contributed by atoms with E-state index in [0.29, 0.717) is 32.0 Å². The molecule has 1 aromatic carbocycles. The molecule has 0 bridgehead atoms. The Labute approximate surface area is 87.7 Å². The first-order valence-corrected chi connectivity index (χ1v) is 4.82. The van der Waals surface area contributed by atoms with Crippen molar-refractivity contribution in [2.45, 2.75) is 0 Å². The van der Waals surface area contributed by atoms with Gasteiger partial charge in [0, 0.05) is 25.2 Å². The van der Waals surface area contributed by atoms with Gasteiger partial charge in [0.05, 0.1) is 24.6 Å². The lowest BCUT2D eigenvalue weighted by Gasteiger charge is -2.29. The van der Waals surface area contributed by atoms with Gasteiger partial charge in [-0.3, -0.25) is 0 Å². The lowest BCUT2D eigenvalue weighted by atomic mass is 10.2. The number of hydrogen-bond donors (Lipinski definition) is 3. The average molecular weight is 210 g/mol. The third-order valence-corrected chi connectivity index (χ3v) is 2.48. The van der Waals surface area contributed by atoms with Gasteiger partial charge in [0.2, 0.25) is 0 Å². The van der Waals surface area contributed by atoms with E-state index in [2.05, 4.69) is 0 Å². The molecule has 1 saturated heterocycles. The van der Waals surface area contributed by atoms with E-state index in [1.165, 1.54) is 12.1 Å². The lowest BCUT2D eigenvalue weighted by Crippen LogP contribution is -2.36. The topological polar surface area (TPSA) is 79.0 Å². The van der Waals surface area contributed by atoms with Crippen molar-refractivity contribution < 1.29 is 14.9 Å². The zero-order valence-electron chi connectivity index (χ0n) is 8.31. The molecule has 1 aromatic rings. The number of ether oxygens (including phenoxy) is 1. The highest BCUT2D eigenvalue weighted by Gasteiger charge is 2.16. The van der Waals surface area contributed by atoms with Crippen LogP contribution in [0.4, 0.5) is 11.4 Å². The molecule has 1 heterocycles. The maximum absolute atomic E-state index is 9.69. The van der Waals surface area contributed by atoms with Crippen molar-refractivity contribution in [2.75, 3.05) is 36.9 Å². The van der Waals surface area contributed by atoms with Gasteiger partial charge < -0.3 is 25.6 Å². The summed E-state index contributed by atoms with van der Waals surface area (Å²) in [5.74, 6) is 0.0847. The van der Waals surface area contributed by atoms with Crippen molar-refractivity contribution >= 4 is 11.4 Å². The number of aromatic hydroxyl groups is 2. The highest BCUT2D eigenvalue weighted by Crippen LogP contribution is 2.35. The van der Waals surface area contributed by atoms with E-state index in [1.54, 1.807) is 0 Å². The summed E-state index contributed by atoms with van der Waals surface area (Å²) in [7, 11) is 0. The van der Waals surface area contributed by atoms with Crippen LogP contribution in [0.1, 0.15) is 0 Å². The molecule has 0 amide bonds. The van der Waals surface area contributed by atoms with Crippen molar-refractivity contribution in [2.24, 2.45) is 0 Å². The minimum atomic E-state index is -0.00529. The Morgan fingerprint density at radius 3 is 2.47 bits per heavy atom. The molecule has 0 spiro atoms. The molecule has 5 nitrogen and oxygen atoms in total. The number of morpholine rings is 1. The van der Waals surface area contributed by atoms with E-state index in [1.807, 2.05) is 4.90 Å². The largest absolute Gasteiger partial charge is 0.506 e. The highest BCUT2D eigenvalue weighted by molar-refractivity contribution is 5.69. The van der Waals surface area contributed by atoms with E-state index in [4.69, 9.17) is 10.5 Å². The first kappa shape index (κ1) is 9.92. The summed E-state index contributed by atoms with van der Waals surface area (Å²) in [5.41, 5.74) is 6.25. The fraction of sp³-hybridized carbons (Fsp3) is 0.400. The zero-order chi connectivity index (χ0) is 10.8. The zero-order valence-corrected chi connectivity index (χ0v) is 8.31. The summed E-state index contributed by atoms with van der Waals surface area (Å²) in [6.45, 7) is 2.67.